The van der Waals surface area contributed by atoms with Crippen molar-refractivity contribution in [3.63, 3.8) is 0 Å². The minimum Gasteiger partial charge on any atom is -0.316 e. The van der Waals surface area contributed by atoms with Crippen LogP contribution in [0, 0.1) is 5.41 Å². The van der Waals surface area contributed by atoms with Crippen LogP contribution in [0.3, 0.4) is 0 Å². The van der Waals surface area contributed by atoms with Gasteiger partial charge in [0.2, 0.25) is 0 Å². The molecule has 4 heteroatoms. The number of halogens is 3. The van der Waals surface area contributed by atoms with Gasteiger partial charge in [0.05, 0.1) is 5.02 Å². The van der Waals surface area contributed by atoms with E-state index in [4.69, 9.17) is 11.6 Å². The Labute approximate surface area is 122 Å². The van der Waals surface area contributed by atoms with E-state index >= 15 is 0 Å². The Hall–Kier alpha value is 0.240. The molecule has 1 aliphatic heterocycles. The molecule has 1 aromatic rings. The lowest BCUT2D eigenvalue weighted by Gasteiger charge is -2.37. The normalized spacial score (nSPS) is 30.4. The number of fused-ring (bicyclic) bond motifs is 3. The highest BCUT2D eigenvalue weighted by atomic mass is 79.9. The van der Waals surface area contributed by atoms with Gasteiger partial charge in [0.1, 0.15) is 0 Å². The van der Waals surface area contributed by atoms with E-state index < -0.39 is 0 Å². The number of hydrogen-bond acceptors (Lipinski definition) is 1. The molecule has 0 bridgehead atoms. The van der Waals surface area contributed by atoms with E-state index in [1.165, 1.54) is 17.5 Å². The smallest absolute Gasteiger partial charge is 0.0582 e. The average molecular weight is 337 g/mol. The van der Waals surface area contributed by atoms with Crippen LogP contribution in [0.4, 0.5) is 0 Å². The Morgan fingerprint density at radius 3 is 3.00 bits per heavy atom. The number of rotatable bonds is 0. The lowest BCUT2D eigenvalue weighted by molar-refractivity contribution is 0.277. The number of benzene rings is 1. The second-order valence-electron chi connectivity index (χ2n) is 5.27. The first-order valence-electron chi connectivity index (χ1n) is 5.79. The second kappa shape index (κ2) is 4.73. The number of hydrogen-bond donors (Lipinski definition) is 1. The molecule has 1 heterocycles. The molecule has 1 aromatic carbocycles. The second-order valence-corrected chi connectivity index (χ2v) is 6.50. The largest absolute Gasteiger partial charge is 0.316 e. The molecule has 1 saturated heterocycles. The molecule has 2 atom stereocenters. The maximum atomic E-state index is 6.38. The molecule has 2 aliphatic rings. The summed E-state index contributed by atoms with van der Waals surface area (Å²) >= 11 is 9.89. The van der Waals surface area contributed by atoms with Crippen LogP contribution in [0.15, 0.2) is 16.6 Å². The summed E-state index contributed by atoms with van der Waals surface area (Å²) in [5.41, 5.74) is 3.26. The van der Waals surface area contributed by atoms with Crippen molar-refractivity contribution < 1.29 is 0 Å². The van der Waals surface area contributed by atoms with Crippen LogP contribution in [0.2, 0.25) is 5.02 Å². The van der Waals surface area contributed by atoms with Gasteiger partial charge in [-0.05, 0) is 51.4 Å². The van der Waals surface area contributed by atoms with Gasteiger partial charge >= 0.3 is 0 Å². The Kier molecular flexibility index (Phi) is 3.80. The van der Waals surface area contributed by atoms with Gasteiger partial charge in [-0.1, -0.05) is 24.6 Å². The zero-order valence-electron chi connectivity index (χ0n) is 9.72. The zero-order chi connectivity index (χ0) is 11.3. The monoisotopic (exact) mass is 335 g/mol. The first-order chi connectivity index (χ1) is 7.62. The topological polar surface area (TPSA) is 12.0 Å². The van der Waals surface area contributed by atoms with Crippen LogP contribution in [0.25, 0.3) is 0 Å². The van der Waals surface area contributed by atoms with Crippen LogP contribution < -0.4 is 5.32 Å². The quantitative estimate of drug-likeness (QED) is 0.750. The Morgan fingerprint density at radius 2 is 2.24 bits per heavy atom. The zero-order valence-corrected chi connectivity index (χ0v) is 12.9. The minimum atomic E-state index is 0. The summed E-state index contributed by atoms with van der Waals surface area (Å²) in [6.45, 7) is 4.64. The van der Waals surface area contributed by atoms with E-state index in [-0.39, 0.29) is 12.4 Å². The first-order valence-corrected chi connectivity index (χ1v) is 6.96. The third kappa shape index (κ3) is 2.03. The summed E-state index contributed by atoms with van der Waals surface area (Å²) in [7, 11) is 0. The van der Waals surface area contributed by atoms with Crippen molar-refractivity contribution in [1.29, 1.82) is 0 Å². The molecule has 0 radical (unpaired) electrons. The molecular formula is C13H16BrCl2N. The van der Waals surface area contributed by atoms with Crippen LogP contribution in [-0.4, -0.2) is 13.1 Å². The molecule has 0 unspecified atom stereocenters. The molecule has 0 amide bonds. The standard InChI is InChI=1S/C13H15BrClN.ClH/c1-13-5-4-9-8(10(13)6-16-7-13)2-3-11(14)12(9)15;/h2-3,10,16H,4-7H2,1H3;1H/t10-,13+;/m0./s1. The summed E-state index contributed by atoms with van der Waals surface area (Å²) in [6, 6.07) is 4.34. The maximum absolute atomic E-state index is 6.38. The molecule has 0 aromatic heterocycles. The van der Waals surface area contributed by atoms with E-state index in [1.807, 2.05) is 0 Å². The van der Waals surface area contributed by atoms with Crippen LogP contribution in [-0.2, 0) is 6.42 Å². The fourth-order valence-electron chi connectivity index (χ4n) is 3.22. The fraction of sp³-hybridized carbons (Fsp3) is 0.538. The van der Waals surface area contributed by atoms with Gasteiger partial charge in [0, 0.05) is 23.5 Å². The highest BCUT2D eigenvalue weighted by Crippen LogP contribution is 2.49. The molecule has 17 heavy (non-hydrogen) atoms. The van der Waals surface area contributed by atoms with Crippen molar-refractivity contribution in [1.82, 2.24) is 5.32 Å². The highest BCUT2D eigenvalue weighted by molar-refractivity contribution is 9.10. The Bertz CT molecular complexity index is 449. The number of nitrogens with one attached hydrogen (secondary N) is 1. The van der Waals surface area contributed by atoms with E-state index in [0.29, 0.717) is 11.3 Å². The molecule has 1 N–H and O–H groups in total. The van der Waals surface area contributed by atoms with Gasteiger partial charge in [-0.2, -0.15) is 0 Å². The van der Waals surface area contributed by atoms with E-state index in [1.54, 1.807) is 0 Å². The maximum Gasteiger partial charge on any atom is 0.0582 e. The van der Waals surface area contributed by atoms with Crippen molar-refractivity contribution in [2.45, 2.75) is 25.7 Å². The molecule has 0 saturated carbocycles. The summed E-state index contributed by atoms with van der Waals surface area (Å²) in [5.74, 6) is 0.641. The van der Waals surface area contributed by atoms with Gasteiger partial charge in [0.15, 0.2) is 0 Å². The fourth-order valence-corrected chi connectivity index (χ4v) is 3.86. The predicted octanol–water partition coefficient (Wildman–Crippen LogP) is 4.16. The van der Waals surface area contributed by atoms with Gasteiger partial charge in [-0.3, -0.25) is 0 Å². The highest BCUT2D eigenvalue weighted by Gasteiger charge is 2.43. The first kappa shape index (κ1) is 13.7. The summed E-state index contributed by atoms with van der Waals surface area (Å²) in [4.78, 5) is 0. The van der Waals surface area contributed by atoms with Crippen molar-refractivity contribution >= 4 is 39.9 Å². The van der Waals surface area contributed by atoms with Crippen LogP contribution in [0.5, 0.6) is 0 Å². The molecule has 1 aliphatic carbocycles. The van der Waals surface area contributed by atoms with Gasteiger partial charge in [0.25, 0.3) is 0 Å². The van der Waals surface area contributed by atoms with E-state index in [0.717, 1.165) is 29.0 Å². The third-order valence-electron chi connectivity index (χ3n) is 4.27. The van der Waals surface area contributed by atoms with Gasteiger partial charge in [-0.15, -0.1) is 12.4 Å². The van der Waals surface area contributed by atoms with Gasteiger partial charge in [-0.25, -0.2) is 0 Å². The third-order valence-corrected chi connectivity index (χ3v) is 5.59. The summed E-state index contributed by atoms with van der Waals surface area (Å²) < 4.78 is 1.03. The average Bonchev–Trinajstić information content (AvgIpc) is 2.65. The van der Waals surface area contributed by atoms with Crippen molar-refractivity contribution in [3.05, 3.63) is 32.8 Å². The van der Waals surface area contributed by atoms with Crippen molar-refractivity contribution in [2.24, 2.45) is 5.41 Å². The summed E-state index contributed by atoms with van der Waals surface area (Å²) in [6.07, 6.45) is 2.36. The SMILES string of the molecule is C[C@]12CCc3c(ccc(Br)c3Cl)[C@@H]1CNC2.Cl. The van der Waals surface area contributed by atoms with Gasteiger partial charge < -0.3 is 5.32 Å². The molecule has 0 spiro atoms. The summed E-state index contributed by atoms with van der Waals surface area (Å²) in [5, 5.41) is 4.45. The lowest BCUT2D eigenvalue weighted by atomic mass is 9.67. The molecule has 3 rings (SSSR count). The van der Waals surface area contributed by atoms with E-state index in [2.05, 4.69) is 40.3 Å². The van der Waals surface area contributed by atoms with E-state index in [9.17, 15) is 0 Å². The van der Waals surface area contributed by atoms with Crippen molar-refractivity contribution in [3.8, 4) is 0 Å². The Morgan fingerprint density at radius 1 is 1.47 bits per heavy atom. The Balaban J connectivity index is 0.00000108. The molecule has 94 valence electrons. The minimum absolute atomic E-state index is 0. The molecule has 1 fully saturated rings. The van der Waals surface area contributed by atoms with Crippen LogP contribution >= 0.6 is 39.9 Å². The molecule has 1 nitrogen and oxygen atoms in total. The lowest BCUT2D eigenvalue weighted by Crippen LogP contribution is -2.30. The van der Waals surface area contributed by atoms with Crippen LogP contribution in [0.1, 0.15) is 30.4 Å². The van der Waals surface area contributed by atoms with Crippen molar-refractivity contribution in [2.75, 3.05) is 13.1 Å². The predicted molar refractivity (Wildman–Crippen MR) is 78.4 cm³/mol. The molecular weight excluding hydrogens is 321 g/mol.